The summed E-state index contributed by atoms with van der Waals surface area (Å²) in [5.41, 5.74) is 6.71. The van der Waals surface area contributed by atoms with E-state index >= 15 is 0 Å². The minimum Gasteiger partial charge on any atom is -0.491 e. The molecule has 40 heavy (non-hydrogen) atoms. The summed E-state index contributed by atoms with van der Waals surface area (Å²) in [6.45, 7) is 2.97. The number of hydrogen-bond donors (Lipinski definition) is 3. The lowest BCUT2D eigenvalue weighted by Gasteiger charge is -2.43. The predicted molar refractivity (Wildman–Crippen MR) is 142 cm³/mol. The van der Waals surface area contributed by atoms with Crippen LogP contribution in [-0.2, 0) is 12.6 Å². The number of halogens is 5. The molecule has 3 aliphatic heterocycles. The second-order valence-corrected chi connectivity index (χ2v) is 11.8. The number of hydrogen-bond acceptors (Lipinski definition) is 7. The molecule has 2 aromatic heterocycles. The summed E-state index contributed by atoms with van der Waals surface area (Å²) in [7, 11) is 0. The van der Waals surface area contributed by atoms with E-state index < -0.39 is 41.4 Å². The van der Waals surface area contributed by atoms with Gasteiger partial charge in [-0.3, -0.25) is 4.79 Å². The van der Waals surface area contributed by atoms with Crippen LogP contribution in [0.4, 0.5) is 33.3 Å². The number of nitrogens with one attached hydrogen (secondary N) is 2. The van der Waals surface area contributed by atoms with E-state index in [0.717, 1.165) is 28.7 Å². The molecule has 3 atom stereocenters. The van der Waals surface area contributed by atoms with E-state index in [0.29, 0.717) is 25.1 Å². The van der Waals surface area contributed by atoms with Gasteiger partial charge in [-0.05, 0) is 44.0 Å². The molecule has 0 spiro atoms. The Morgan fingerprint density at radius 2 is 2.02 bits per heavy atom. The molecule has 214 valence electrons. The van der Waals surface area contributed by atoms with Crippen molar-refractivity contribution in [1.29, 1.82) is 0 Å². The molecule has 2 saturated heterocycles. The molecule has 0 saturated carbocycles. The number of nitrogens with zero attached hydrogens (tertiary/aromatic N) is 2. The maximum absolute atomic E-state index is 14.8. The Kier molecular flexibility index (Phi) is 6.56. The Hall–Kier alpha value is -3.19. The van der Waals surface area contributed by atoms with Crippen molar-refractivity contribution in [2.45, 2.75) is 37.9 Å². The second-order valence-electron chi connectivity index (χ2n) is 10.8. The fraction of sp³-hybridized carbons (Fsp3) is 0.481. The number of thiophene rings is 1. The first-order valence-corrected chi connectivity index (χ1v) is 13.9. The first kappa shape index (κ1) is 27.0. The molecule has 1 aromatic carbocycles. The number of anilines is 2. The summed E-state index contributed by atoms with van der Waals surface area (Å²) >= 11 is 0.824. The highest BCUT2D eigenvalue weighted by molar-refractivity contribution is 7.21. The molecule has 3 aliphatic rings. The van der Waals surface area contributed by atoms with E-state index in [-0.39, 0.29) is 52.7 Å². The zero-order valence-electron chi connectivity index (χ0n) is 21.6. The van der Waals surface area contributed by atoms with Gasteiger partial charge in [0.15, 0.2) is 0 Å². The number of rotatable bonds is 3. The van der Waals surface area contributed by atoms with Crippen LogP contribution >= 0.6 is 11.3 Å². The Bertz CT molecular complexity index is 1460. The number of nitrogen functional groups attached to an aromatic ring is 1. The van der Waals surface area contributed by atoms with E-state index in [2.05, 4.69) is 15.6 Å². The van der Waals surface area contributed by atoms with Gasteiger partial charge in [0.25, 0.3) is 11.8 Å². The lowest BCUT2D eigenvalue weighted by atomic mass is 9.84. The van der Waals surface area contributed by atoms with Crippen molar-refractivity contribution >= 4 is 38.8 Å². The van der Waals surface area contributed by atoms with Gasteiger partial charge in [-0.2, -0.15) is 13.2 Å². The van der Waals surface area contributed by atoms with Crippen LogP contribution < -0.4 is 26.0 Å². The molecule has 3 aromatic rings. The van der Waals surface area contributed by atoms with E-state index in [1.807, 2.05) is 23.1 Å². The van der Waals surface area contributed by atoms with Crippen LogP contribution in [0.3, 0.4) is 0 Å². The number of aromatic nitrogens is 1. The third-order valence-electron chi connectivity index (χ3n) is 8.03. The Labute approximate surface area is 230 Å². The lowest BCUT2D eigenvalue weighted by molar-refractivity contribution is -0.136. The molecular weight excluding hydrogens is 553 g/mol. The van der Waals surface area contributed by atoms with Crippen LogP contribution in [0.5, 0.6) is 5.75 Å². The Morgan fingerprint density at radius 1 is 1.25 bits per heavy atom. The zero-order valence-corrected chi connectivity index (χ0v) is 22.4. The highest BCUT2D eigenvalue weighted by Gasteiger charge is 2.52. The third kappa shape index (κ3) is 4.72. The van der Waals surface area contributed by atoms with Crippen LogP contribution in [0, 0.1) is 18.8 Å². The SMILES string of the molecule is Cc1cc(C(F)(F)F)c2c(N)c(C(=O)N[C@H]3COc4cc(N5CC6CCNCC(C5)C6(F)F)ccc4C3)sc2n1. The van der Waals surface area contributed by atoms with Crippen molar-refractivity contribution in [3.8, 4) is 5.75 Å². The molecule has 1 amide bonds. The number of carbonyl (C=O) groups is 1. The summed E-state index contributed by atoms with van der Waals surface area (Å²) in [6.07, 6.45) is -3.79. The van der Waals surface area contributed by atoms with E-state index in [1.165, 1.54) is 6.92 Å². The van der Waals surface area contributed by atoms with Gasteiger partial charge in [-0.15, -0.1) is 11.3 Å². The number of nitrogens with two attached hydrogens (primary N) is 1. The minimum atomic E-state index is -4.64. The van der Waals surface area contributed by atoms with Crippen LogP contribution in [0.25, 0.3) is 10.2 Å². The number of ether oxygens (including phenoxy) is 1. The summed E-state index contributed by atoms with van der Waals surface area (Å²) in [5, 5.41) is 5.69. The van der Waals surface area contributed by atoms with Crippen molar-refractivity contribution in [2.75, 3.05) is 43.4 Å². The summed E-state index contributed by atoms with van der Waals surface area (Å²) in [4.78, 5) is 19.2. The van der Waals surface area contributed by atoms with Crippen molar-refractivity contribution < 1.29 is 31.5 Å². The molecule has 2 fully saturated rings. The van der Waals surface area contributed by atoms with E-state index in [9.17, 15) is 26.7 Å². The minimum absolute atomic E-state index is 0.0300. The van der Waals surface area contributed by atoms with Crippen molar-refractivity contribution in [3.05, 3.63) is 46.0 Å². The van der Waals surface area contributed by atoms with Gasteiger partial charge in [0.05, 0.1) is 23.2 Å². The number of aryl methyl sites for hydroxylation is 1. The number of alkyl halides is 5. The van der Waals surface area contributed by atoms with E-state index in [1.54, 1.807) is 0 Å². The molecule has 4 N–H and O–H groups in total. The van der Waals surface area contributed by atoms with Crippen molar-refractivity contribution in [1.82, 2.24) is 15.6 Å². The molecule has 6 rings (SSSR count). The number of benzene rings is 1. The first-order chi connectivity index (χ1) is 18.9. The van der Waals surface area contributed by atoms with Gasteiger partial charge in [-0.25, -0.2) is 13.8 Å². The monoisotopic (exact) mass is 581 g/mol. The Morgan fingerprint density at radius 3 is 2.80 bits per heavy atom. The van der Waals surface area contributed by atoms with Crippen LogP contribution in [0.2, 0.25) is 0 Å². The Balaban J connectivity index is 1.17. The van der Waals surface area contributed by atoms with Crippen molar-refractivity contribution in [3.63, 3.8) is 0 Å². The molecule has 5 heterocycles. The fourth-order valence-electron chi connectivity index (χ4n) is 5.97. The summed E-state index contributed by atoms with van der Waals surface area (Å²) < 4.78 is 76.4. The van der Waals surface area contributed by atoms with Gasteiger partial charge >= 0.3 is 6.18 Å². The summed E-state index contributed by atoms with van der Waals surface area (Å²) in [6, 6.07) is 6.09. The van der Waals surface area contributed by atoms with Crippen LogP contribution in [0.15, 0.2) is 24.3 Å². The smallest absolute Gasteiger partial charge is 0.417 e. The standard InChI is InChI=1S/C27H28F5N5O2S/c1-13-6-19(27(30,31)32)21-22(33)23(40-25(21)35-13)24(38)36-17-7-14-2-3-18(8-20(14)39-12-17)37-10-15-4-5-34-9-16(11-37)26(15,28)29/h2-3,6,8,15-17,34H,4-5,7,9-12,33H2,1H3,(H,36,38)/t15?,16?,17-/m1/s1. The van der Waals surface area contributed by atoms with Gasteiger partial charge in [0.1, 0.15) is 22.1 Å². The average molecular weight is 582 g/mol. The van der Waals surface area contributed by atoms with Gasteiger partial charge in [0.2, 0.25) is 0 Å². The van der Waals surface area contributed by atoms with Crippen LogP contribution in [0.1, 0.15) is 32.9 Å². The molecule has 7 nitrogen and oxygen atoms in total. The van der Waals surface area contributed by atoms with Gasteiger partial charge in [0, 0.05) is 48.4 Å². The highest BCUT2D eigenvalue weighted by atomic mass is 32.1. The number of carbonyl (C=O) groups excluding carboxylic acids is 1. The number of pyridine rings is 1. The molecular formula is C27H28F5N5O2S. The first-order valence-electron chi connectivity index (χ1n) is 13.1. The number of amides is 1. The van der Waals surface area contributed by atoms with E-state index in [4.69, 9.17) is 10.5 Å². The molecule has 0 aliphatic carbocycles. The molecule has 0 radical (unpaired) electrons. The maximum Gasteiger partial charge on any atom is 0.417 e. The number of fused-ring (bicyclic) bond motifs is 4. The normalized spacial score (nSPS) is 24.2. The quantitative estimate of drug-likeness (QED) is 0.391. The predicted octanol–water partition coefficient (Wildman–Crippen LogP) is 4.62. The third-order valence-corrected chi connectivity index (χ3v) is 9.12. The zero-order chi connectivity index (χ0) is 28.4. The lowest BCUT2D eigenvalue weighted by Crippen LogP contribution is -2.54. The molecule has 13 heteroatoms. The fourth-order valence-corrected chi connectivity index (χ4v) is 7.04. The molecule has 2 unspecified atom stereocenters. The maximum atomic E-state index is 14.8. The van der Waals surface area contributed by atoms with Crippen LogP contribution in [-0.4, -0.2) is 55.6 Å². The topological polar surface area (TPSA) is 92.5 Å². The average Bonchev–Trinajstić information content (AvgIpc) is 3.21. The highest BCUT2D eigenvalue weighted by Crippen LogP contribution is 2.44. The summed E-state index contributed by atoms with van der Waals surface area (Å²) in [5.74, 6) is -4.15. The number of piperidine rings is 1. The largest absolute Gasteiger partial charge is 0.491 e. The van der Waals surface area contributed by atoms with Gasteiger partial charge in [-0.1, -0.05) is 6.07 Å². The van der Waals surface area contributed by atoms with Crippen molar-refractivity contribution in [2.24, 2.45) is 11.8 Å². The molecule has 2 bridgehead atoms. The van der Waals surface area contributed by atoms with Gasteiger partial charge < -0.3 is 26.0 Å². The second kappa shape index (κ2) is 9.72.